The van der Waals surface area contributed by atoms with Gasteiger partial charge >= 0.3 is 0 Å². The van der Waals surface area contributed by atoms with Crippen LogP contribution in [0.5, 0.6) is 0 Å². The van der Waals surface area contributed by atoms with Gasteiger partial charge in [-0.1, -0.05) is 6.92 Å². The maximum atomic E-state index is 11.3. The van der Waals surface area contributed by atoms with Crippen molar-refractivity contribution in [1.82, 2.24) is 4.90 Å². The Hall–Kier alpha value is -0.570. The van der Waals surface area contributed by atoms with Crippen LogP contribution in [-0.2, 0) is 9.53 Å². The van der Waals surface area contributed by atoms with Gasteiger partial charge in [0.25, 0.3) is 0 Å². The first-order chi connectivity index (χ1) is 6.02. The Labute approximate surface area is 79.0 Å². The van der Waals surface area contributed by atoms with Crippen molar-refractivity contribution in [3.05, 3.63) is 0 Å². The maximum Gasteiger partial charge on any atom is 0.221 e. The van der Waals surface area contributed by atoms with Crippen LogP contribution < -0.4 is 0 Å². The predicted octanol–water partition coefficient (Wildman–Crippen LogP) is 1.38. The van der Waals surface area contributed by atoms with Crippen LogP contribution in [0.4, 0.5) is 0 Å². The highest BCUT2D eigenvalue weighted by atomic mass is 16.5. The van der Waals surface area contributed by atoms with E-state index in [1.165, 1.54) is 6.42 Å². The third-order valence-corrected chi connectivity index (χ3v) is 3.24. The van der Waals surface area contributed by atoms with Crippen molar-refractivity contribution in [2.45, 2.75) is 45.4 Å². The van der Waals surface area contributed by atoms with Crippen molar-refractivity contribution in [2.75, 3.05) is 6.54 Å². The van der Waals surface area contributed by atoms with Crippen LogP contribution in [0.25, 0.3) is 0 Å². The summed E-state index contributed by atoms with van der Waals surface area (Å²) in [5, 5.41) is 0. The second-order valence-corrected chi connectivity index (χ2v) is 4.62. The fourth-order valence-corrected chi connectivity index (χ4v) is 2.37. The first kappa shape index (κ1) is 9.00. The zero-order valence-electron chi connectivity index (χ0n) is 8.54. The van der Waals surface area contributed by atoms with E-state index in [9.17, 15) is 4.79 Å². The molecule has 2 fully saturated rings. The first-order valence-electron chi connectivity index (χ1n) is 4.97. The van der Waals surface area contributed by atoms with Gasteiger partial charge in [0.15, 0.2) is 0 Å². The minimum absolute atomic E-state index is 0.0382. The monoisotopic (exact) mass is 183 g/mol. The van der Waals surface area contributed by atoms with Crippen LogP contribution in [0, 0.1) is 5.92 Å². The highest BCUT2D eigenvalue weighted by molar-refractivity contribution is 5.74. The third kappa shape index (κ3) is 1.35. The molecule has 0 aromatic carbocycles. The number of carbonyl (C=O) groups is 1. The number of hydrogen-bond donors (Lipinski definition) is 0. The Morgan fingerprint density at radius 2 is 2.31 bits per heavy atom. The van der Waals surface area contributed by atoms with Gasteiger partial charge in [-0.15, -0.1) is 0 Å². The van der Waals surface area contributed by atoms with Gasteiger partial charge in [0.1, 0.15) is 6.23 Å². The summed E-state index contributed by atoms with van der Waals surface area (Å²) in [7, 11) is 0. The molecule has 3 atom stereocenters. The van der Waals surface area contributed by atoms with Gasteiger partial charge in [0, 0.05) is 12.8 Å². The Kier molecular flexibility index (Phi) is 1.88. The lowest BCUT2D eigenvalue weighted by Crippen LogP contribution is -2.38. The molecular weight excluding hydrogens is 166 g/mol. The molecule has 0 aromatic heterocycles. The molecule has 2 rings (SSSR count). The summed E-state index contributed by atoms with van der Waals surface area (Å²) in [5.74, 6) is 0.627. The molecule has 0 aromatic rings. The van der Waals surface area contributed by atoms with E-state index >= 15 is 0 Å². The Balaban J connectivity index is 2.21. The standard InChI is InChI=1S/C10H17NO2/c1-7-4-5-10(3)6-11(8(2)12)9(7)13-10/h7,9H,4-6H2,1-3H3. The van der Waals surface area contributed by atoms with E-state index in [2.05, 4.69) is 13.8 Å². The summed E-state index contributed by atoms with van der Waals surface area (Å²) >= 11 is 0. The number of rotatable bonds is 0. The van der Waals surface area contributed by atoms with Crippen molar-refractivity contribution in [1.29, 1.82) is 0 Å². The number of fused-ring (bicyclic) bond motifs is 2. The summed E-state index contributed by atoms with van der Waals surface area (Å²) in [6, 6.07) is 0. The van der Waals surface area contributed by atoms with Crippen LogP contribution in [0.1, 0.15) is 33.6 Å². The average Bonchev–Trinajstić information content (AvgIpc) is 2.35. The van der Waals surface area contributed by atoms with Crippen LogP contribution >= 0.6 is 0 Å². The molecular formula is C10H17NO2. The lowest BCUT2D eigenvalue weighted by Gasteiger charge is -2.32. The molecule has 74 valence electrons. The van der Waals surface area contributed by atoms with Gasteiger partial charge < -0.3 is 9.64 Å². The third-order valence-electron chi connectivity index (χ3n) is 3.24. The molecule has 0 N–H and O–H groups in total. The van der Waals surface area contributed by atoms with E-state index < -0.39 is 0 Å². The number of likely N-dealkylation sites (tertiary alicyclic amines) is 1. The molecule has 0 radical (unpaired) electrons. The second kappa shape index (κ2) is 2.71. The molecule has 13 heavy (non-hydrogen) atoms. The highest BCUT2D eigenvalue weighted by Crippen LogP contribution is 2.40. The van der Waals surface area contributed by atoms with Crippen molar-refractivity contribution in [2.24, 2.45) is 5.92 Å². The Bertz CT molecular complexity index is 241. The molecule has 2 aliphatic rings. The van der Waals surface area contributed by atoms with E-state index in [0.29, 0.717) is 5.92 Å². The maximum absolute atomic E-state index is 11.3. The van der Waals surface area contributed by atoms with Gasteiger partial charge in [-0.05, 0) is 19.8 Å². The molecule has 2 heterocycles. The van der Waals surface area contributed by atoms with E-state index in [4.69, 9.17) is 4.74 Å². The van der Waals surface area contributed by atoms with Gasteiger partial charge in [-0.25, -0.2) is 0 Å². The molecule has 0 spiro atoms. The molecule has 0 saturated carbocycles. The average molecular weight is 183 g/mol. The second-order valence-electron chi connectivity index (χ2n) is 4.62. The van der Waals surface area contributed by atoms with E-state index in [-0.39, 0.29) is 17.7 Å². The fourth-order valence-electron chi connectivity index (χ4n) is 2.37. The summed E-state index contributed by atoms with van der Waals surface area (Å²) in [4.78, 5) is 13.2. The number of carbonyl (C=O) groups excluding carboxylic acids is 1. The number of nitrogens with zero attached hydrogens (tertiary/aromatic N) is 1. The summed E-state index contributed by atoms with van der Waals surface area (Å²) in [6.07, 6.45) is 2.29. The van der Waals surface area contributed by atoms with Crippen molar-refractivity contribution >= 4 is 5.91 Å². The largest absolute Gasteiger partial charge is 0.350 e. The zero-order valence-corrected chi connectivity index (χ0v) is 8.54. The van der Waals surface area contributed by atoms with Crippen molar-refractivity contribution in [3.8, 4) is 0 Å². The molecule has 3 unspecified atom stereocenters. The molecule has 0 aliphatic carbocycles. The van der Waals surface area contributed by atoms with E-state index in [0.717, 1.165) is 13.0 Å². The first-order valence-corrected chi connectivity index (χ1v) is 4.97. The Morgan fingerprint density at radius 1 is 1.62 bits per heavy atom. The molecule has 3 nitrogen and oxygen atoms in total. The lowest BCUT2D eigenvalue weighted by atomic mass is 9.93. The topological polar surface area (TPSA) is 29.5 Å². The summed E-state index contributed by atoms with van der Waals surface area (Å²) in [5.41, 5.74) is -0.0666. The number of ether oxygens (including phenoxy) is 1. The molecule has 2 aliphatic heterocycles. The van der Waals surface area contributed by atoms with Crippen LogP contribution in [0.3, 0.4) is 0 Å². The van der Waals surface area contributed by atoms with Crippen molar-refractivity contribution in [3.63, 3.8) is 0 Å². The summed E-state index contributed by atoms with van der Waals surface area (Å²) < 4.78 is 5.88. The smallest absolute Gasteiger partial charge is 0.221 e. The van der Waals surface area contributed by atoms with Gasteiger partial charge in [0.2, 0.25) is 5.91 Å². The van der Waals surface area contributed by atoms with Crippen LogP contribution in [0.2, 0.25) is 0 Å². The quantitative estimate of drug-likeness (QED) is 0.568. The van der Waals surface area contributed by atoms with Crippen molar-refractivity contribution < 1.29 is 9.53 Å². The molecule has 2 bridgehead atoms. The lowest BCUT2D eigenvalue weighted by molar-refractivity contribution is -0.144. The minimum atomic E-state index is -0.0666. The molecule has 1 amide bonds. The van der Waals surface area contributed by atoms with Gasteiger partial charge in [0.05, 0.1) is 12.1 Å². The minimum Gasteiger partial charge on any atom is -0.350 e. The zero-order chi connectivity index (χ0) is 9.64. The summed E-state index contributed by atoms with van der Waals surface area (Å²) in [6.45, 7) is 6.66. The van der Waals surface area contributed by atoms with Crippen LogP contribution in [0.15, 0.2) is 0 Å². The Morgan fingerprint density at radius 3 is 2.92 bits per heavy atom. The molecule has 3 heteroatoms. The number of hydrogen-bond acceptors (Lipinski definition) is 2. The molecule has 2 saturated heterocycles. The normalized spacial score (nSPS) is 43.8. The number of amides is 1. The SMILES string of the molecule is CC(=O)N1CC2(C)CCC(C)C1O2. The van der Waals surface area contributed by atoms with E-state index in [1.54, 1.807) is 6.92 Å². The highest BCUT2D eigenvalue weighted by Gasteiger charge is 2.48. The van der Waals surface area contributed by atoms with Gasteiger partial charge in [-0.3, -0.25) is 4.79 Å². The van der Waals surface area contributed by atoms with Gasteiger partial charge in [-0.2, -0.15) is 0 Å². The van der Waals surface area contributed by atoms with E-state index in [1.807, 2.05) is 4.90 Å². The fraction of sp³-hybridized carbons (Fsp3) is 0.900. The van der Waals surface area contributed by atoms with Crippen LogP contribution in [-0.4, -0.2) is 29.2 Å². The predicted molar refractivity (Wildman–Crippen MR) is 49.1 cm³/mol.